The van der Waals surface area contributed by atoms with Gasteiger partial charge >= 0.3 is 5.97 Å². The summed E-state index contributed by atoms with van der Waals surface area (Å²) in [5, 5.41) is 17.2. The zero-order chi connectivity index (χ0) is 10.6. The first-order chi connectivity index (χ1) is 6.65. The second-order valence-corrected chi connectivity index (χ2v) is 3.55. The molecule has 0 fully saturated rings. The Balaban J connectivity index is 2.95. The van der Waals surface area contributed by atoms with Gasteiger partial charge in [0.15, 0.2) is 0 Å². The number of aliphatic hydroxyl groups is 1. The molecule has 0 saturated heterocycles. The van der Waals surface area contributed by atoms with Crippen molar-refractivity contribution in [2.45, 2.75) is 6.42 Å². The highest BCUT2D eigenvalue weighted by atomic mass is 79.9. The number of carbonyl (C=O) groups is 1. The third kappa shape index (κ3) is 2.60. The van der Waals surface area contributed by atoms with Gasteiger partial charge in [-0.15, -0.1) is 0 Å². The van der Waals surface area contributed by atoms with Crippen molar-refractivity contribution in [2.75, 3.05) is 0 Å². The first-order valence-electron chi connectivity index (χ1n) is 3.96. The molecule has 0 aliphatic heterocycles. The molecule has 1 aromatic carbocycles. The molecule has 0 aliphatic rings. The smallest absolute Gasteiger partial charge is 0.335 e. The van der Waals surface area contributed by atoms with Gasteiger partial charge in [-0.2, -0.15) is 0 Å². The van der Waals surface area contributed by atoms with Crippen molar-refractivity contribution in [1.29, 1.82) is 0 Å². The van der Waals surface area contributed by atoms with E-state index < -0.39 is 5.97 Å². The van der Waals surface area contributed by atoms with Crippen molar-refractivity contribution in [3.63, 3.8) is 0 Å². The molecule has 0 saturated carbocycles. The Morgan fingerprint density at radius 1 is 1.50 bits per heavy atom. The molecule has 0 bridgehead atoms. The van der Waals surface area contributed by atoms with Crippen LogP contribution in [0.5, 0.6) is 0 Å². The summed E-state index contributed by atoms with van der Waals surface area (Å²) in [6, 6.07) is 4.80. The van der Waals surface area contributed by atoms with Crippen LogP contribution in [0.25, 0.3) is 0 Å². The SMILES string of the molecule is O=C(O)c1ccc(CC=CO)c(Br)c1. The second kappa shape index (κ2) is 4.81. The van der Waals surface area contributed by atoms with Crippen LogP contribution in [-0.2, 0) is 6.42 Å². The minimum Gasteiger partial charge on any atom is -0.516 e. The van der Waals surface area contributed by atoms with E-state index in [0.717, 1.165) is 16.3 Å². The van der Waals surface area contributed by atoms with Gasteiger partial charge in [0.1, 0.15) is 0 Å². The number of halogens is 1. The van der Waals surface area contributed by atoms with Crippen LogP contribution in [-0.4, -0.2) is 16.2 Å². The molecular formula is C10H9BrO3. The number of hydrogen-bond acceptors (Lipinski definition) is 2. The highest BCUT2D eigenvalue weighted by molar-refractivity contribution is 9.10. The normalized spacial score (nSPS) is 10.6. The molecule has 1 aromatic rings. The predicted octanol–water partition coefficient (Wildman–Crippen LogP) is 2.76. The molecule has 0 heterocycles. The van der Waals surface area contributed by atoms with Gasteiger partial charge in [-0.3, -0.25) is 0 Å². The lowest BCUT2D eigenvalue weighted by Crippen LogP contribution is -1.96. The van der Waals surface area contributed by atoms with Crippen LogP contribution in [0.4, 0.5) is 0 Å². The average Bonchev–Trinajstić information content (AvgIpc) is 2.15. The van der Waals surface area contributed by atoms with E-state index in [1.807, 2.05) is 0 Å². The third-order valence-electron chi connectivity index (χ3n) is 1.74. The van der Waals surface area contributed by atoms with Crippen LogP contribution < -0.4 is 0 Å². The van der Waals surface area contributed by atoms with Gasteiger partial charge in [0.2, 0.25) is 0 Å². The summed E-state index contributed by atoms with van der Waals surface area (Å²) < 4.78 is 0.732. The van der Waals surface area contributed by atoms with Gasteiger partial charge in [0.05, 0.1) is 11.8 Å². The van der Waals surface area contributed by atoms with E-state index in [0.29, 0.717) is 6.42 Å². The Labute approximate surface area is 89.8 Å². The molecule has 1 rings (SSSR count). The molecule has 0 atom stereocenters. The fraction of sp³-hybridized carbons (Fsp3) is 0.100. The molecule has 0 radical (unpaired) electrons. The van der Waals surface area contributed by atoms with Crippen LogP contribution in [0.15, 0.2) is 35.0 Å². The first-order valence-corrected chi connectivity index (χ1v) is 4.75. The summed E-state index contributed by atoms with van der Waals surface area (Å²) in [5.41, 5.74) is 1.17. The monoisotopic (exact) mass is 256 g/mol. The van der Waals surface area contributed by atoms with Crippen LogP contribution in [0.3, 0.4) is 0 Å². The number of carboxylic acid groups (broad SMARTS) is 1. The quantitative estimate of drug-likeness (QED) is 0.818. The number of carboxylic acids is 1. The number of hydrogen-bond donors (Lipinski definition) is 2. The minimum atomic E-state index is -0.949. The molecule has 0 amide bonds. The van der Waals surface area contributed by atoms with Crippen LogP contribution in [0, 0.1) is 0 Å². The van der Waals surface area contributed by atoms with Gasteiger partial charge in [-0.1, -0.05) is 22.0 Å². The fourth-order valence-electron chi connectivity index (χ4n) is 1.03. The van der Waals surface area contributed by atoms with E-state index in [4.69, 9.17) is 10.2 Å². The summed E-state index contributed by atoms with van der Waals surface area (Å²) in [5.74, 6) is -0.949. The summed E-state index contributed by atoms with van der Waals surface area (Å²) in [7, 11) is 0. The Kier molecular flexibility index (Phi) is 3.71. The highest BCUT2D eigenvalue weighted by Crippen LogP contribution is 2.19. The second-order valence-electron chi connectivity index (χ2n) is 2.70. The van der Waals surface area contributed by atoms with E-state index in [1.54, 1.807) is 18.2 Å². The zero-order valence-corrected chi connectivity index (χ0v) is 8.86. The van der Waals surface area contributed by atoms with Crippen LogP contribution >= 0.6 is 15.9 Å². The van der Waals surface area contributed by atoms with Crippen molar-refractivity contribution in [2.24, 2.45) is 0 Å². The van der Waals surface area contributed by atoms with Crippen molar-refractivity contribution in [3.05, 3.63) is 46.1 Å². The largest absolute Gasteiger partial charge is 0.516 e. The van der Waals surface area contributed by atoms with Crippen molar-refractivity contribution in [3.8, 4) is 0 Å². The van der Waals surface area contributed by atoms with Crippen molar-refractivity contribution in [1.82, 2.24) is 0 Å². The maximum absolute atomic E-state index is 10.6. The van der Waals surface area contributed by atoms with E-state index in [1.165, 1.54) is 6.07 Å². The molecule has 2 N–H and O–H groups in total. The fourth-order valence-corrected chi connectivity index (χ4v) is 1.57. The first kappa shape index (κ1) is 10.8. The van der Waals surface area contributed by atoms with E-state index in [-0.39, 0.29) is 5.56 Å². The molecule has 0 aliphatic carbocycles. The van der Waals surface area contributed by atoms with Crippen molar-refractivity contribution < 1.29 is 15.0 Å². The van der Waals surface area contributed by atoms with Crippen LogP contribution in [0.2, 0.25) is 0 Å². The van der Waals surface area contributed by atoms with E-state index in [2.05, 4.69) is 15.9 Å². The summed E-state index contributed by atoms with van der Waals surface area (Å²) in [4.78, 5) is 10.6. The Morgan fingerprint density at radius 3 is 2.71 bits per heavy atom. The molecule has 14 heavy (non-hydrogen) atoms. The van der Waals surface area contributed by atoms with Gasteiger partial charge in [0, 0.05) is 4.47 Å². The molecule has 3 nitrogen and oxygen atoms in total. The molecule has 0 spiro atoms. The zero-order valence-electron chi connectivity index (χ0n) is 7.27. The molecule has 0 aromatic heterocycles. The maximum atomic E-state index is 10.6. The minimum absolute atomic E-state index is 0.244. The number of allylic oxidation sites excluding steroid dienone is 1. The molecular weight excluding hydrogens is 248 g/mol. The Bertz CT molecular complexity index is 372. The van der Waals surface area contributed by atoms with Crippen molar-refractivity contribution >= 4 is 21.9 Å². The summed E-state index contributed by atoms with van der Waals surface area (Å²) >= 11 is 3.27. The standard InChI is InChI=1S/C10H9BrO3/c11-9-6-8(10(13)14)4-3-7(9)2-1-5-12/h1,3-6,12H,2H2,(H,13,14). The number of benzene rings is 1. The molecule has 4 heteroatoms. The third-order valence-corrected chi connectivity index (χ3v) is 2.48. The van der Waals surface area contributed by atoms with Gasteiger partial charge in [-0.05, 0) is 30.2 Å². The average molecular weight is 257 g/mol. The predicted molar refractivity (Wildman–Crippen MR) is 56.6 cm³/mol. The molecule has 74 valence electrons. The molecule has 0 unspecified atom stereocenters. The highest BCUT2D eigenvalue weighted by Gasteiger charge is 2.05. The van der Waals surface area contributed by atoms with E-state index >= 15 is 0 Å². The Morgan fingerprint density at radius 2 is 2.21 bits per heavy atom. The number of rotatable bonds is 3. The summed E-state index contributed by atoms with van der Waals surface area (Å²) in [6.45, 7) is 0. The Hall–Kier alpha value is -1.29. The lowest BCUT2D eigenvalue weighted by molar-refractivity contribution is 0.0697. The lowest BCUT2D eigenvalue weighted by atomic mass is 10.1. The van der Waals surface area contributed by atoms with E-state index in [9.17, 15) is 4.79 Å². The number of aliphatic hydroxyl groups excluding tert-OH is 1. The lowest BCUT2D eigenvalue weighted by Gasteiger charge is -2.02. The van der Waals surface area contributed by atoms with Gasteiger partial charge < -0.3 is 10.2 Å². The van der Waals surface area contributed by atoms with Crippen LogP contribution in [0.1, 0.15) is 15.9 Å². The topological polar surface area (TPSA) is 57.5 Å². The maximum Gasteiger partial charge on any atom is 0.335 e. The van der Waals surface area contributed by atoms with Gasteiger partial charge in [0.25, 0.3) is 0 Å². The number of aromatic carboxylic acids is 1. The van der Waals surface area contributed by atoms with Gasteiger partial charge in [-0.25, -0.2) is 4.79 Å². The summed E-state index contributed by atoms with van der Waals surface area (Å²) in [6.07, 6.45) is 3.12.